The van der Waals surface area contributed by atoms with E-state index in [2.05, 4.69) is 31.3 Å². The highest BCUT2D eigenvalue weighted by molar-refractivity contribution is 7.11. The highest BCUT2D eigenvalue weighted by Gasteiger charge is 2.34. The Labute approximate surface area is 144 Å². The van der Waals surface area contributed by atoms with Crippen LogP contribution in [0.3, 0.4) is 0 Å². The normalized spacial score (nSPS) is 22.2. The van der Waals surface area contributed by atoms with E-state index in [-0.39, 0.29) is 11.5 Å². The lowest BCUT2D eigenvalue weighted by Crippen LogP contribution is -2.50. The summed E-state index contributed by atoms with van der Waals surface area (Å²) in [5, 5.41) is 3.56. The van der Waals surface area contributed by atoms with Gasteiger partial charge in [0.15, 0.2) is 0 Å². The first-order valence-corrected chi connectivity index (χ1v) is 9.23. The molecule has 1 atom stereocenters. The van der Waals surface area contributed by atoms with E-state index in [1.54, 1.807) is 0 Å². The molecule has 1 N–H and O–H groups in total. The molecule has 0 aromatic carbocycles. The average Bonchev–Trinajstić information content (AvgIpc) is 2.82. The van der Waals surface area contributed by atoms with Crippen molar-refractivity contribution < 1.29 is 9.53 Å². The monoisotopic (exact) mass is 338 g/mol. The molecule has 0 spiro atoms. The van der Waals surface area contributed by atoms with Crippen molar-refractivity contribution in [2.24, 2.45) is 5.41 Å². The van der Waals surface area contributed by atoms with Gasteiger partial charge in [-0.3, -0.25) is 0 Å². The number of aryl methyl sites for hydroxylation is 1. The summed E-state index contributed by atoms with van der Waals surface area (Å²) < 4.78 is 5.52. The molecule has 2 heterocycles. The number of carbonyl (C=O) groups is 1. The molecule has 5 heteroatoms. The molecule has 1 unspecified atom stereocenters. The Morgan fingerprint density at radius 2 is 2.17 bits per heavy atom. The zero-order chi connectivity index (χ0) is 17.1. The molecule has 1 aliphatic heterocycles. The molecule has 2 rings (SSSR count). The summed E-state index contributed by atoms with van der Waals surface area (Å²) in [5.74, 6) is 0. The molecule has 4 nitrogen and oxygen atoms in total. The number of amides is 1. The van der Waals surface area contributed by atoms with E-state index in [9.17, 15) is 4.79 Å². The predicted molar refractivity (Wildman–Crippen MR) is 95.9 cm³/mol. The lowest BCUT2D eigenvalue weighted by atomic mass is 9.82. The van der Waals surface area contributed by atoms with Crippen molar-refractivity contribution in [2.75, 3.05) is 19.6 Å². The van der Waals surface area contributed by atoms with Crippen molar-refractivity contribution >= 4 is 17.4 Å². The molecule has 1 aliphatic rings. The van der Waals surface area contributed by atoms with Gasteiger partial charge in [0, 0.05) is 35.9 Å². The Morgan fingerprint density at radius 1 is 1.43 bits per heavy atom. The van der Waals surface area contributed by atoms with E-state index in [4.69, 9.17) is 4.74 Å². The van der Waals surface area contributed by atoms with Gasteiger partial charge in [0.05, 0.1) is 0 Å². The number of thiophene rings is 1. The van der Waals surface area contributed by atoms with Gasteiger partial charge in [0.25, 0.3) is 0 Å². The molecule has 0 aliphatic carbocycles. The predicted octanol–water partition coefficient (Wildman–Crippen LogP) is 4.18. The third-order valence-electron chi connectivity index (χ3n) is 4.08. The van der Waals surface area contributed by atoms with E-state index in [1.165, 1.54) is 9.75 Å². The molecular weight excluding hydrogens is 308 g/mol. The van der Waals surface area contributed by atoms with Crippen LogP contribution in [0.1, 0.15) is 50.3 Å². The summed E-state index contributed by atoms with van der Waals surface area (Å²) >= 11 is 1.84. The average molecular weight is 339 g/mol. The molecule has 0 saturated carbocycles. The summed E-state index contributed by atoms with van der Waals surface area (Å²) in [6.07, 6.45) is 2.00. The van der Waals surface area contributed by atoms with Crippen LogP contribution in [0, 0.1) is 12.3 Å². The number of carbonyl (C=O) groups excluding carboxylic acids is 1. The van der Waals surface area contributed by atoms with Gasteiger partial charge in [-0.1, -0.05) is 6.92 Å². The van der Waals surface area contributed by atoms with Crippen LogP contribution in [0.4, 0.5) is 4.79 Å². The zero-order valence-electron chi connectivity index (χ0n) is 15.1. The van der Waals surface area contributed by atoms with Crippen LogP contribution in [0.15, 0.2) is 12.1 Å². The summed E-state index contributed by atoms with van der Waals surface area (Å²) in [6.45, 7) is 13.5. The van der Waals surface area contributed by atoms with Crippen LogP contribution in [-0.4, -0.2) is 36.2 Å². The molecule has 23 heavy (non-hydrogen) atoms. The van der Waals surface area contributed by atoms with Gasteiger partial charge in [-0.05, 0) is 58.1 Å². The van der Waals surface area contributed by atoms with Crippen LogP contribution in [0.25, 0.3) is 0 Å². The second kappa shape index (κ2) is 7.22. The lowest BCUT2D eigenvalue weighted by molar-refractivity contribution is 0.00676. The minimum Gasteiger partial charge on any atom is -0.444 e. The van der Waals surface area contributed by atoms with Gasteiger partial charge in [0.2, 0.25) is 0 Å². The topological polar surface area (TPSA) is 41.6 Å². The summed E-state index contributed by atoms with van der Waals surface area (Å²) in [4.78, 5) is 16.9. The number of nitrogens with zero attached hydrogens (tertiary/aromatic N) is 1. The number of hydrogen-bond donors (Lipinski definition) is 1. The maximum atomic E-state index is 12.3. The Bertz CT molecular complexity index is 535. The van der Waals surface area contributed by atoms with E-state index in [0.29, 0.717) is 0 Å². The first kappa shape index (κ1) is 18.3. The Kier molecular flexibility index (Phi) is 5.74. The highest BCUT2D eigenvalue weighted by atomic mass is 32.1. The molecule has 1 aromatic heterocycles. The Morgan fingerprint density at radius 3 is 2.78 bits per heavy atom. The first-order chi connectivity index (χ1) is 10.7. The van der Waals surface area contributed by atoms with Crippen molar-refractivity contribution in [1.82, 2.24) is 10.2 Å². The Balaban J connectivity index is 1.84. The lowest BCUT2D eigenvalue weighted by Gasteiger charge is -2.41. The second-order valence-electron chi connectivity index (χ2n) is 7.93. The highest BCUT2D eigenvalue weighted by Crippen LogP contribution is 2.30. The SMILES string of the molecule is Cc1ccc(CNCC2(C)CCCN(C(=O)OC(C)(C)C)C2)s1. The minimum absolute atomic E-state index is 0.113. The zero-order valence-corrected chi connectivity index (χ0v) is 15.9. The maximum Gasteiger partial charge on any atom is 0.410 e. The minimum atomic E-state index is -0.430. The van der Waals surface area contributed by atoms with Crippen molar-refractivity contribution in [3.63, 3.8) is 0 Å². The van der Waals surface area contributed by atoms with Crippen molar-refractivity contribution in [3.8, 4) is 0 Å². The fourth-order valence-corrected chi connectivity index (χ4v) is 3.87. The van der Waals surface area contributed by atoms with Gasteiger partial charge < -0.3 is 15.0 Å². The van der Waals surface area contributed by atoms with Crippen molar-refractivity contribution in [2.45, 2.75) is 59.6 Å². The molecule has 0 bridgehead atoms. The van der Waals surface area contributed by atoms with Crippen LogP contribution in [0.5, 0.6) is 0 Å². The van der Waals surface area contributed by atoms with E-state index < -0.39 is 5.60 Å². The fraction of sp³-hybridized carbons (Fsp3) is 0.722. The smallest absolute Gasteiger partial charge is 0.410 e. The number of hydrogen-bond acceptors (Lipinski definition) is 4. The number of nitrogens with one attached hydrogen (secondary N) is 1. The molecule has 0 radical (unpaired) electrons. The third kappa shape index (κ3) is 5.81. The number of rotatable bonds is 4. The summed E-state index contributed by atoms with van der Waals surface area (Å²) in [7, 11) is 0. The van der Waals surface area contributed by atoms with Gasteiger partial charge in [-0.2, -0.15) is 0 Å². The molecule has 1 aromatic rings. The van der Waals surface area contributed by atoms with Gasteiger partial charge in [-0.15, -0.1) is 11.3 Å². The first-order valence-electron chi connectivity index (χ1n) is 8.41. The largest absolute Gasteiger partial charge is 0.444 e. The fourth-order valence-electron chi connectivity index (χ4n) is 3.01. The van der Waals surface area contributed by atoms with Crippen LogP contribution >= 0.6 is 11.3 Å². The van der Waals surface area contributed by atoms with E-state index in [0.717, 1.165) is 39.0 Å². The van der Waals surface area contributed by atoms with Crippen LogP contribution < -0.4 is 5.32 Å². The van der Waals surface area contributed by atoms with E-state index >= 15 is 0 Å². The van der Waals surface area contributed by atoms with Crippen LogP contribution in [-0.2, 0) is 11.3 Å². The van der Waals surface area contributed by atoms with Gasteiger partial charge in [-0.25, -0.2) is 4.79 Å². The standard InChI is InChI=1S/C18H30N2O2S/c1-14-7-8-15(23-14)11-19-12-18(5)9-6-10-20(13-18)16(21)22-17(2,3)4/h7-8,19H,6,9-13H2,1-5H3. The maximum absolute atomic E-state index is 12.3. The molecule has 1 saturated heterocycles. The molecule has 1 fully saturated rings. The summed E-state index contributed by atoms with van der Waals surface area (Å²) in [6, 6.07) is 4.34. The molecular formula is C18H30N2O2S. The molecule has 130 valence electrons. The van der Waals surface area contributed by atoms with Gasteiger partial charge >= 0.3 is 6.09 Å². The summed E-state index contributed by atoms with van der Waals surface area (Å²) in [5.41, 5.74) is -0.318. The third-order valence-corrected chi connectivity index (χ3v) is 5.08. The Hall–Kier alpha value is -1.07. The van der Waals surface area contributed by atoms with Crippen molar-refractivity contribution in [1.29, 1.82) is 0 Å². The number of piperidine rings is 1. The van der Waals surface area contributed by atoms with Crippen LogP contribution in [0.2, 0.25) is 0 Å². The van der Waals surface area contributed by atoms with Gasteiger partial charge in [0.1, 0.15) is 5.60 Å². The van der Waals surface area contributed by atoms with E-state index in [1.807, 2.05) is 37.0 Å². The molecule has 1 amide bonds. The number of ether oxygens (including phenoxy) is 1. The second-order valence-corrected chi connectivity index (χ2v) is 9.30. The number of likely N-dealkylation sites (tertiary alicyclic amines) is 1. The van der Waals surface area contributed by atoms with Crippen molar-refractivity contribution in [3.05, 3.63) is 21.9 Å². The quantitative estimate of drug-likeness (QED) is 0.895.